The van der Waals surface area contributed by atoms with Gasteiger partial charge in [0.1, 0.15) is 0 Å². The molecule has 0 radical (unpaired) electrons. The van der Waals surface area contributed by atoms with Gasteiger partial charge in [0.05, 0.1) is 12.1 Å². The number of rotatable bonds is 5. The summed E-state index contributed by atoms with van der Waals surface area (Å²) in [6, 6.07) is 4.17. The highest BCUT2D eigenvalue weighted by molar-refractivity contribution is 7.09. The van der Waals surface area contributed by atoms with Crippen LogP contribution in [0, 0.1) is 0 Å². The average molecular weight is 297 g/mol. The van der Waals surface area contributed by atoms with Crippen LogP contribution in [0.25, 0.3) is 0 Å². The highest BCUT2D eigenvalue weighted by atomic mass is 32.1. The van der Waals surface area contributed by atoms with Crippen molar-refractivity contribution in [2.75, 3.05) is 33.9 Å². The van der Waals surface area contributed by atoms with Gasteiger partial charge >= 0.3 is 0 Å². The molecule has 6 heteroatoms. The van der Waals surface area contributed by atoms with E-state index in [9.17, 15) is 0 Å². The minimum Gasteiger partial charge on any atom is -0.381 e. The second kappa shape index (κ2) is 7.61. The molecule has 1 fully saturated rings. The fourth-order valence-corrected chi connectivity index (χ4v) is 2.89. The van der Waals surface area contributed by atoms with Gasteiger partial charge in [-0.1, -0.05) is 6.07 Å². The number of hydrogen-bond acceptors (Lipinski definition) is 4. The van der Waals surface area contributed by atoms with Gasteiger partial charge in [-0.25, -0.2) is 0 Å². The van der Waals surface area contributed by atoms with Crippen molar-refractivity contribution in [3.8, 4) is 0 Å². The summed E-state index contributed by atoms with van der Waals surface area (Å²) in [5.74, 6) is 0.807. The molecule has 0 unspecified atom stereocenters. The first kappa shape index (κ1) is 15.3. The van der Waals surface area contributed by atoms with Crippen LogP contribution in [0.15, 0.2) is 22.5 Å². The van der Waals surface area contributed by atoms with E-state index < -0.39 is 0 Å². The van der Waals surface area contributed by atoms with Crippen molar-refractivity contribution in [1.82, 2.24) is 10.6 Å². The summed E-state index contributed by atoms with van der Waals surface area (Å²) in [6.07, 6.45) is 1.83. The minimum absolute atomic E-state index is 0.140. The molecule has 2 heterocycles. The lowest BCUT2D eigenvalue weighted by Crippen LogP contribution is -2.50. The third-order valence-corrected chi connectivity index (χ3v) is 4.53. The van der Waals surface area contributed by atoms with Crippen molar-refractivity contribution in [2.45, 2.75) is 25.0 Å². The molecule has 0 spiro atoms. The third kappa shape index (κ3) is 4.19. The second-order valence-corrected chi connectivity index (χ2v) is 5.89. The van der Waals surface area contributed by atoms with Crippen molar-refractivity contribution in [2.24, 2.45) is 4.99 Å². The Labute approximate surface area is 124 Å². The molecule has 20 heavy (non-hydrogen) atoms. The molecule has 1 aliphatic heterocycles. The third-order valence-electron chi connectivity index (χ3n) is 3.65. The highest BCUT2D eigenvalue weighted by Gasteiger charge is 2.32. The lowest BCUT2D eigenvalue weighted by molar-refractivity contribution is -0.0855. The first-order valence-electron chi connectivity index (χ1n) is 6.88. The first-order valence-corrected chi connectivity index (χ1v) is 7.76. The summed E-state index contributed by atoms with van der Waals surface area (Å²) in [5, 5.41) is 8.75. The van der Waals surface area contributed by atoms with Crippen molar-refractivity contribution in [3.05, 3.63) is 22.4 Å². The molecule has 0 aliphatic carbocycles. The van der Waals surface area contributed by atoms with Gasteiger partial charge in [0.2, 0.25) is 0 Å². The van der Waals surface area contributed by atoms with Crippen molar-refractivity contribution >= 4 is 17.3 Å². The zero-order valence-corrected chi connectivity index (χ0v) is 13.0. The minimum atomic E-state index is -0.140. The molecule has 1 aromatic rings. The molecule has 112 valence electrons. The fourth-order valence-electron chi connectivity index (χ4n) is 2.25. The van der Waals surface area contributed by atoms with Crippen LogP contribution in [0.4, 0.5) is 0 Å². The molecular formula is C14H23N3O2S. The molecule has 0 atom stereocenters. The van der Waals surface area contributed by atoms with Crippen molar-refractivity contribution in [3.63, 3.8) is 0 Å². The molecule has 0 bridgehead atoms. The van der Waals surface area contributed by atoms with E-state index in [4.69, 9.17) is 9.47 Å². The Kier molecular flexibility index (Phi) is 5.82. The maximum absolute atomic E-state index is 5.70. The molecule has 0 saturated carbocycles. The largest absolute Gasteiger partial charge is 0.381 e. The molecule has 1 aromatic heterocycles. The maximum Gasteiger partial charge on any atom is 0.191 e. The Balaban J connectivity index is 1.80. The Morgan fingerprint density at radius 2 is 2.25 bits per heavy atom. The summed E-state index contributed by atoms with van der Waals surface area (Å²) in [4.78, 5) is 5.54. The van der Waals surface area contributed by atoms with E-state index in [0.717, 1.165) is 45.1 Å². The summed E-state index contributed by atoms with van der Waals surface area (Å²) < 4.78 is 11.1. The number of hydrogen-bond donors (Lipinski definition) is 2. The van der Waals surface area contributed by atoms with Gasteiger partial charge in [-0.2, -0.15) is 0 Å². The van der Waals surface area contributed by atoms with Crippen molar-refractivity contribution in [1.29, 1.82) is 0 Å². The van der Waals surface area contributed by atoms with Crippen molar-refractivity contribution < 1.29 is 9.47 Å². The zero-order valence-electron chi connectivity index (χ0n) is 12.1. The van der Waals surface area contributed by atoms with E-state index in [2.05, 4.69) is 33.1 Å². The number of methoxy groups -OCH3 is 1. The van der Waals surface area contributed by atoms with E-state index in [1.54, 1.807) is 25.5 Å². The number of nitrogens with one attached hydrogen (secondary N) is 2. The fraction of sp³-hybridized carbons (Fsp3) is 0.643. The normalized spacial score (nSPS) is 18.8. The second-order valence-electron chi connectivity index (χ2n) is 4.86. The quantitative estimate of drug-likeness (QED) is 0.640. The lowest BCUT2D eigenvalue weighted by atomic mass is 9.94. The molecule has 0 aromatic carbocycles. The van der Waals surface area contributed by atoms with E-state index >= 15 is 0 Å². The monoisotopic (exact) mass is 297 g/mol. The van der Waals surface area contributed by atoms with Crippen LogP contribution >= 0.6 is 11.3 Å². The smallest absolute Gasteiger partial charge is 0.191 e. The van der Waals surface area contributed by atoms with Gasteiger partial charge in [-0.05, 0) is 11.4 Å². The number of thiophene rings is 1. The molecule has 1 saturated heterocycles. The standard InChI is InChI=1S/C14H23N3O2S/c1-15-13(16-10-12-4-3-9-20-12)17-11-14(18-2)5-7-19-8-6-14/h3-4,9H,5-8,10-11H2,1-2H3,(H2,15,16,17). The SMILES string of the molecule is CN=C(NCc1cccs1)NCC1(OC)CCOCC1. The average Bonchev–Trinajstić information content (AvgIpc) is 3.02. The van der Waals surface area contributed by atoms with E-state index in [1.807, 2.05) is 0 Å². The molecule has 0 amide bonds. The van der Waals surface area contributed by atoms with Gasteiger partial charge in [0.25, 0.3) is 0 Å². The van der Waals surface area contributed by atoms with E-state index in [1.165, 1.54) is 4.88 Å². The molecule has 1 aliphatic rings. The van der Waals surface area contributed by atoms with Crippen LogP contribution in [0.1, 0.15) is 17.7 Å². The summed E-state index contributed by atoms with van der Waals surface area (Å²) in [7, 11) is 3.56. The predicted molar refractivity (Wildman–Crippen MR) is 82.3 cm³/mol. The molecule has 2 rings (SSSR count). The van der Waals surface area contributed by atoms with Gasteiger partial charge in [-0.3, -0.25) is 4.99 Å². The molecule has 5 nitrogen and oxygen atoms in total. The first-order chi connectivity index (χ1) is 9.78. The van der Waals surface area contributed by atoms with Crippen LogP contribution in [-0.4, -0.2) is 45.5 Å². The maximum atomic E-state index is 5.70. The number of nitrogens with zero attached hydrogens (tertiary/aromatic N) is 1. The van der Waals surface area contributed by atoms with Crippen LogP contribution < -0.4 is 10.6 Å². The van der Waals surface area contributed by atoms with E-state index in [0.29, 0.717) is 0 Å². The van der Waals surface area contributed by atoms with Gasteiger partial charge in [-0.15, -0.1) is 11.3 Å². The zero-order chi connectivity index (χ0) is 14.3. The van der Waals surface area contributed by atoms with Crippen LogP contribution in [0.5, 0.6) is 0 Å². The Morgan fingerprint density at radius 3 is 2.85 bits per heavy atom. The number of guanidine groups is 1. The predicted octanol–water partition coefficient (Wildman–Crippen LogP) is 1.61. The van der Waals surface area contributed by atoms with Gasteiger partial charge < -0.3 is 20.1 Å². The lowest BCUT2D eigenvalue weighted by Gasteiger charge is -2.36. The Morgan fingerprint density at radius 1 is 1.45 bits per heavy atom. The van der Waals surface area contributed by atoms with Crippen LogP contribution in [0.2, 0.25) is 0 Å². The number of aliphatic imine (C=N–C) groups is 1. The topological polar surface area (TPSA) is 54.9 Å². The Hall–Kier alpha value is -1.11. The van der Waals surface area contributed by atoms with Gasteiger partial charge in [0, 0.05) is 51.6 Å². The van der Waals surface area contributed by atoms with E-state index in [-0.39, 0.29) is 5.60 Å². The summed E-state index contributed by atoms with van der Waals surface area (Å²) >= 11 is 1.74. The molecule has 2 N–H and O–H groups in total. The summed E-state index contributed by atoms with van der Waals surface area (Å²) in [5.41, 5.74) is -0.140. The van der Waals surface area contributed by atoms with Gasteiger partial charge in [0.15, 0.2) is 5.96 Å². The molecular weight excluding hydrogens is 274 g/mol. The van der Waals surface area contributed by atoms with Crippen LogP contribution in [-0.2, 0) is 16.0 Å². The van der Waals surface area contributed by atoms with Crippen LogP contribution in [0.3, 0.4) is 0 Å². The highest BCUT2D eigenvalue weighted by Crippen LogP contribution is 2.23. The number of ether oxygens (including phenoxy) is 2. The Bertz CT molecular complexity index is 414. The summed E-state index contributed by atoms with van der Waals surface area (Å²) in [6.45, 7) is 3.06.